The molecule has 0 nitrogen and oxygen atoms in total. The lowest BCUT2D eigenvalue weighted by molar-refractivity contribution is 0.777. The van der Waals surface area contributed by atoms with Crippen molar-refractivity contribution in [1.29, 1.82) is 0 Å². The van der Waals surface area contributed by atoms with Crippen molar-refractivity contribution in [3.8, 4) is 0 Å². The predicted octanol–water partition coefficient (Wildman–Crippen LogP) is 3.98. The first-order valence-electron chi connectivity index (χ1n) is 5.95. The molecule has 1 aliphatic rings. The van der Waals surface area contributed by atoms with Crippen molar-refractivity contribution in [2.75, 3.05) is 0 Å². The molecule has 1 heteroatoms. The van der Waals surface area contributed by atoms with E-state index in [-0.39, 0.29) is 7.92 Å². The van der Waals surface area contributed by atoms with Crippen LogP contribution in [0, 0.1) is 13.8 Å². The summed E-state index contributed by atoms with van der Waals surface area (Å²) in [7, 11) is 0.100. The zero-order chi connectivity index (χ0) is 11.0. The van der Waals surface area contributed by atoms with E-state index in [1.165, 1.54) is 24.0 Å². The van der Waals surface area contributed by atoms with E-state index >= 15 is 0 Å². The number of hydrogen-bond acceptors (Lipinski definition) is 0. The van der Waals surface area contributed by atoms with Gasteiger partial charge in [0.05, 0.1) is 0 Å². The highest BCUT2D eigenvalue weighted by Crippen LogP contribution is 2.54. The summed E-state index contributed by atoms with van der Waals surface area (Å²) >= 11 is 0. The third kappa shape index (κ3) is 2.11. The van der Waals surface area contributed by atoms with Gasteiger partial charge < -0.3 is 0 Å². The maximum atomic E-state index is 2.44. The van der Waals surface area contributed by atoms with Gasteiger partial charge in [0.15, 0.2) is 0 Å². The Bertz CT molecular complexity index is 346. The Morgan fingerprint density at radius 2 is 1.67 bits per heavy atom. The molecular formula is C14H21P. The molecule has 15 heavy (non-hydrogen) atoms. The van der Waals surface area contributed by atoms with E-state index in [1.54, 1.807) is 5.30 Å². The highest BCUT2D eigenvalue weighted by atomic mass is 31.1. The predicted molar refractivity (Wildman–Crippen MR) is 70.6 cm³/mol. The monoisotopic (exact) mass is 220 g/mol. The van der Waals surface area contributed by atoms with E-state index in [0.717, 1.165) is 11.3 Å². The lowest BCUT2D eigenvalue weighted by Crippen LogP contribution is -2.14. The Kier molecular flexibility index (Phi) is 3.16. The molecule has 1 saturated heterocycles. The van der Waals surface area contributed by atoms with Crippen molar-refractivity contribution in [2.24, 2.45) is 0 Å². The van der Waals surface area contributed by atoms with Crippen LogP contribution in [0.4, 0.5) is 0 Å². The maximum absolute atomic E-state index is 2.44. The zero-order valence-corrected chi connectivity index (χ0v) is 11.1. The van der Waals surface area contributed by atoms with Crippen LogP contribution in [0.2, 0.25) is 0 Å². The molecule has 82 valence electrons. The zero-order valence-electron chi connectivity index (χ0n) is 10.2. The average molecular weight is 220 g/mol. The van der Waals surface area contributed by atoms with Gasteiger partial charge in [-0.1, -0.05) is 45.5 Å². The Morgan fingerprint density at radius 3 is 2.27 bits per heavy atom. The summed E-state index contributed by atoms with van der Waals surface area (Å²) in [5, 5.41) is 1.67. The molecule has 0 amide bonds. The smallest absolute Gasteiger partial charge is 0.0195 e. The largest absolute Gasteiger partial charge is 0.0692 e. The van der Waals surface area contributed by atoms with Gasteiger partial charge in [0.2, 0.25) is 0 Å². The SMILES string of the molecule is Cc1ccc(C)c(P2[C@H](C)CC[C@H]2C)c1. The molecule has 0 spiro atoms. The van der Waals surface area contributed by atoms with E-state index in [0.29, 0.717) is 0 Å². The van der Waals surface area contributed by atoms with Gasteiger partial charge in [-0.05, 0) is 48.9 Å². The first-order chi connectivity index (χ1) is 7.09. The Morgan fingerprint density at radius 1 is 1.07 bits per heavy atom. The molecule has 0 unspecified atom stereocenters. The minimum absolute atomic E-state index is 0.100. The summed E-state index contributed by atoms with van der Waals surface area (Å²) in [5.41, 5.74) is 4.78. The van der Waals surface area contributed by atoms with Crippen LogP contribution in [-0.4, -0.2) is 11.3 Å². The van der Waals surface area contributed by atoms with Crippen molar-refractivity contribution < 1.29 is 0 Å². The van der Waals surface area contributed by atoms with Crippen LogP contribution in [-0.2, 0) is 0 Å². The minimum atomic E-state index is 0.100. The fourth-order valence-corrected chi connectivity index (χ4v) is 6.18. The van der Waals surface area contributed by atoms with E-state index in [9.17, 15) is 0 Å². The van der Waals surface area contributed by atoms with Gasteiger partial charge >= 0.3 is 0 Å². The molecule has 0 aliphatic carbocycles. The quantitative estimate of drug-likeness (QED) is 0.628. The second-order valence-electron chi connectivity index (χ2n) is 4.97. The summed E-state index contributed by atoms with van der Waals surface area (Å²) in [6.45, 7) is 9.37. The molecule has 1 aromatic rings. The topological polar surface area (TPSA) is 0 Å². The van der Waals surface area contributed by atoms with Gasteiger partial charge in [-0.15, -0.1) is 0 Å². The van der Waals surface area contributed by atoms with Crippen molar-refractivity contribution in [3.63, 3.8) is 0 Å². The fraction of sp³-hybridized carbons (Fsp3) is 0.571. The fourth-order valence-electron chi connectivity index (χ4n) is 2.67. The van der Waals surface area contributed by atoms with E-state index in [4.69, 9.17) is 0 Å². The Labute approximate surface area is 94.8 Å². The van der Waals surface area contributed by atoms with Gasteiger partial charge in [0, 0.05) is 0 Å². The second-order valence-corrected chi connectivity index (χ2v) is 8.03. The molecule has 0 aromatic heterocycles. The standard InChI is InChI=1S/C14H21P/c1-10-5-6-11(2)14(9-10)15-12(3)7-8-13(15)4/h5-6,9,12-13H,7-8H2,1-4H3/t12-,13-/m1/s1. The molecule has 1 fully saturated rings. The van der Waals surface area contributed by atoms with Crippen LogP contribution < -0.4 is 5.30 Å². The average Bonchev–Trinajstić information content (AvgIpc) is 2.51. The highest BCUT2D eigenvalue weighted by Gasteiger charge is 2.31. The Hall–Kier alpha value is -0.350. The van der Waals surface area contributed by atoms with E-state index in [1.807, 2.05) is 0 Å². The van der Waals surface area contributed by atoms with Gasteiger partial charge in [-0.25, -0.2) is 0 Å². The van der Waals surface area contributed by atoms with Crippen LogP contribution in [0.3, 0.4) is 0 Å². The third-order valence-electron chi connectivity index (χ3n) is 3.59. The Balaban J connectivity index is 2.39. The normalized spacial score (nSPS) is 27.2. The van der Waals surface area contributed by atoms with Crippen LogP contribution >= 0.6 is 7.92 Å². The van der Waals surface area contributed by atoms with Crippen molar-refractivity contribution in [3.05, 3.63) is 29.3 Å². The molecule has 0 radical (unpaired) electrons. The molecule has 0 bridgehead atoms. The first-order valence-corrected chi connectivity index (χ1v) is 7.43. The molecule has 2 rings (SSSR count). The van der Waals surface area contributed by atoms with Crippen LogP contribution in [0.5, 0.6) is 0 Å². The summed E-state index contributed by atoms with van der Waals surface area (Å²) in [6.07, 6.45) is 2.86. The molecule has 1 aromatic carbocycles. The van der Waals surface area contributed by atoms with E-state index < -0.39 is 0 Å². The molecule has 1 heterocycles. The number of rotatable bonds is 1. The van der Waals surface area contributed by atoms with Gasteiger partial charge in [-0.3, -0.25) is 0 Å². The summed E-state index contributed by atoms with van der Waals surface area (Å²) < 4.78 is 0. The number of benzene rings is 1. The summed E-state index contributed by atoms with van der Waals surface area (Å²) in [4.78, 5) is 0. The molecule has 2 atom stereocenters. The number of aryl methyl sites for hydroxylation is 2. The van der Waals surface area contributed by atoms with Crippen LogP contribution in [0.25, 0.3) is 0 Å². The first kappa shape index (κ1) is 11.1. The third-order valence-corrected chi connectivity index (χ3v) is 7.05. The summed E-state index contributed by atoms with van der Waals surface area (Å²) in [5.74, 6) is 0. The molecule has 0 N–H and O–H groups in total. The summed E-state index contributed by atoms with van der Waals surface area (Å²) in [6, 6.07) is 6.96. The van der Waals surface area contributed by atoms with Crippen molar-refractivity contribution >= 4 is 13.2 Å². The van der Waals surface area contributed by atoms with Gasteiger partial charge in [0.1, 0.15) is 0 Å². The molecule has 0 saturated carbocycles. The lowest BCUT2D eigenvalue weighted by atomic mass is 10.2. The van der Waals surface area contributed by atoms with Crippen molar-refractivity contribution in [1.82, 2.24) is 0 Å². The van der Waals surface area contributed by atoms with Crippen LogP contribution in [0.15, 0.2) is 18.2 Å². The van der Waals surface area contributed by atoms with Gasteiger partial charge in [-0.2, -0.15) is 0 Å². The maximum Gasteiger partial charge on any atom is -0.0195 e. The molecular weight excluding hydrogens is 199 g/mol. The lowest BCUT2D eigenvalue weighted by Gasteiger charge is -2.23. The van der Waals surface area contributed by atoms with Crippen LogP contribution in [0.1, 0.15) is 37.8 Å². The second kappa shape index (κ2) is 4.26. The minimum Gasteiger partial charge on any atom is -0.0692 e. The highest BCUT2D eigenvalue weighted by molar-refractivity contribution is 7.67. The van der Waals surface area contributed by atoms with Crippen molar-refractivity contribution in [2.45, 2.75) is 51.9 Å². The van der Waals surface area contributed by atoms with E-state index in [2.05, 4.69) is 45.9 Å². The number of hydrogen-bond donors (Lipinski definition) is 0. The molecule has 1 aliphatic heterocycles. The van der Waals surface area contributed by atoms with Gasteiger partial charge in [0.25, 0.3) is 0 Å².